The van der Waals surface area contributed by atoms with Crippen LogP contribution in [0.2, 0.25) is 0 Å². The fourth-order valence-corrected chi connectivity index (χ4v) is 2.65. The van der Waals surface area contributed by atoms with Crippen molar-refractivity contribution in [3.05, 3.63) is 21.9 Å². The van der Waals surface area contributed by atoms with E-state index in [1.165, 1.54) is 9.78 Å². The molecule has 0 amide bonds. The Bertz CT molecular complexity index is 328. The summed E-state index contributed by atoms with van der Waals surface area (Å²) in [7, 11) is 0. The topological polar surface area (TPSA) is 3.24 Å². The van der Waals surface area contributed by atoms with Gasteiger partial charge >= 0.3 is 58.4 Å². The standard InChI is InChI=1S/C8H10BF3NS.K/c10-9(11,12)6-13-3-1-8-7(5-13)2-4-14-8;/h2,4H,1,3,5-6H2;/q-1;+1. The van der Waals surface area contributed by atoms with E-state index < -0.39 is 13.4 Å². The molecule has 0 fully saturated rings. The van der Waals surface area contributed by atoms with Crippen LogP contribution in [0.25, 0.3) is 0 Å². The van der Waals surface area contributed by atoms with Gasteiger partial charge in [0.25, 0.3) is 0 Å². The Morgan fingerprint density at radius 3 is 2.80 bits per heavy atom. The normalized spacial score (nSPS) is 17.0. The van der Waals surface area contributed by atoms with Crippen molar-refractivity contribution in [1.29, 1.82) is 0 Å². The maximum absolute atomic E-state index is 12.2. The Morgan fingerprint density at radius 1 is 1.40 bits per heavy atom. The SMILES string of the molecule is F[B-](F)(F)CN1CCc2sccc2C1.[K+]. The summed E-state index contributed by atoms with van der Waals surface area (Å²) in [6.45, 7) is -3.68. The number of halogens is 3. The zero-order valence-corrected chi connectivity index (χ0v) is 12.5. The van der Waals surface area contributed by atoms with Gasteiger partial charge < -0.3 is 17.8 Å². The van der Waals surface area contributed by atoms with Gasteiger partial charge in [-0.2, -0.15) is 0 Å². The summed E-state index contributed by atoms with van der Waals surface area (Å²) in [5, 5.41) is 1.95. The van der Waals surface area contributed by atoms with E-state index in [4.69, 9.17) is 0 Å². The third kappa shape index (κ3) is 4.14. The quantitative estimate of drug-likeness (QED) is 0.647. The van der Waals surface area contributed by atoms with Crippen LogP contribution in [0.4, 0.5) is 12.9 Å². The molecule has 1 aromatic heterocycles. The fourth-order valence-electron chi connectivity index (χ4n) is 1.76. The molecule has 0 unspecified atom stereocenters. The summed E-state index contributed by atoms with van der Waals surface area (Å²) < 4.78 is 36.5. The summed E-state index contributed by atoms with van der Waals surface area (Å²) >= 11 is 1.64. The second kappa shape index (κ2) is 5.66. The Kier molecular flexibility index (Phi) is 5.36. The van der Waals surface area contributed by atoms with Crippen molar-refractivity contribution < 1.29 is 64.3 Å². The largest absolute Gasteiger partial charge is 1.00 e. The van der Waals surface area contributed by atoms with Gasteiger partial charge in [-0.1, -0.05) is 0 Å². The molecule has 2 rings (SSSR count). The third-order valence-corrected chi connectivity index (χ3v) is 3.37. The predicted molar refractivity (Wildman–Crippen MR) is 52.4 cm³/mol. The van der Waals surface area contributed by atoms with Crippen LogP contribution in [0.15, 0.2) is 11.4 Å². The minimum absolute atomic E-state index is 0. The molecule has 0 saturated carbocycles. The molecular formula is C8H10BF3KNS. The predicted octanol–water partition coefficient (Wildman–Crippen LogP) is -0.503. The van der Waals surface area contributed by atoms with Gasteiger partial charge in [-0.05, 0) is 29.9 Å². The van der Waals surface area contributed by atoms with Crippen LogP contribution in [-0.2, 0) is 13.0 Å². The second-order valence-corrected chi connectivity index (χ2v) is 4.57. The minimum atomic E-state index is -4.68. The average Bonchev–Trinajstić information content (AvgIpc) is 2.47. The molecule has 1 aliphatic heterocycles. The first kappa shape index (κ1) is 14.2. The molecule has 1 nitrogen and oxygen atoms in total. The molecule has 78 valence electrons. The summed E-state index contributed by atoms with van der Waals surface area (Å²) in [6.07, 6.45) is 0.0362. The number of rotatable bonds is 2. The molecule has 0 atom stereocenters. The molecule has 2 heterocycles. The molecule has 0 bridgehead atoms. The van der Waals surface area contributed by atoms with Gasteiger partial charge in [0.15, 0.2) is 0 Å². The van der Waals surface area contributed by atoms with Crippen LogP contribution < -0.4 is 51.4 Å². The first-order valence-electron chi connectivity index (χ1n) is 4.53. The van der Waals surface area contributed by atoms with E-state index >= 15 is 0 Å². The van der Waals surface area contributed by atoms with Crippen molar-refractivity contribution in [2.24, 2.45) is 0 Å². The first-order valence-corrected chi connectivity index (χ1v) is 5.41. The maximum atomic E-state index is 12.2. The van der Waals surface area contributed by atoms with E-state index in [9.17, 15) is 12.9 Å². The summed E-state index contributed by atoms with van der Waals surface area (Å²) in [4.78, 5) is 2.73. The van der Waals surface area contributed by atoms with Gasteiger partial charge in [-0.15, -0.1) is 11.3 Å². The van der Waals surface area contributed by atoms with Crippen molar-refractivity contribution in [3.8, 4) is 0 Å². The molecular weight excluding hydrogens is 249 g/mol. The summed E-state index contributed by atoms with van der Waals surface area (Å²) in [6, 6.07) is 1.93. The zero-order valence-electron chi connectivity index (χ0n) is 8.55. The Labute approximate surface area is 134 Å². The minimum Gasteiger partial charge on any atom is -0.448 e. The van der Waals surface area contributed by atoms with Crippen molar-refractivity contribution in [2.75, 3.05) is 13.0 Å². The van der Waals surface area contributed by atoms with Gasteiger partial charge in [0, 0.05) is 18.0 Å². The maximum Gasteiger partial charge on any atom is 1.00 e. The van der Waals surface area contributed by atoms with E-state index in [-0.39, 0.29) is 51.4 Å². The van der Waals surface area contributed by atoms with Crippen LogP contribution in [0.3, 0.4) is 0 Å². The Morgan fingerprint density at radius 2 is 2.13 bits per heavy atom. The first-order chi connectivity index (χ1) is 6.54. The second-order valence-electron chi connectivity index (χ2n) is 3.56. The third-order valence-electron chi connectivity index (χ3n) is 2.35. The number of hydrogen-bond acceptors (Lipinski definition) is 2. The Balaban J connectivity index is 0.00000112. The van der Waals surface area contributed by atoms with Gasteiger partial charge in [0.2, 0.25) is 0 Å². The van der Waals surface area contributed by atoms with Gasteiger partial charge in [-0.3, -0.25) is 0 Å². The Hall–Kier alpha value is 1.15. The monoisotopic (exact) mass is 259 g/mol. The van der Waals surface area contributed by atoms with E-state index in [1.54, 1.807) is 11.3 Å². The van der Waals surface area contributed by atoms with Crippen LogP contribution >= 0.6 is 11.3 Å². The molecule has 7 heteroatoms. The van der Waals surface area contributed by atoms with Crippen molar-refractivity contribution >= 4 is 18.3 Å². The van der Waals surface area contributed by atoms with Gasteiger partial charge in [-0.25, -0.2) is 0 Å². The van der Waals surface area contributed by atoms with Crippen molar-refractivity contribution in [2.45, 2.75) is 13.0 Å². The van der Waals surface area contributed by atoms with E-state index in [0.29, 0.717) is 13.1 Å². The van der Waals surface area contributed by atoms with Gasteiger partial charge in [0.1, 0.15) is 0 Å². The fraction of sp³-hybridized carbons (Fsp3) is 0.500. The van der Waals surface area contributed by atoms with Crippen LogP contribution in [0, 0.1) is 0 Å². The van der Waals surface area contributed by atoms with E-state index in [2.05, 4.69) is 0 Å². The average molecular weight is 259 g/mol. The molecule has 0 radical (unpaired) electrons. The molecule has 0 saturated heterocycles. The molecule has 1 aliphatic rings. The molecule has 1 aromatic rings. The molecule has 0 spiro atoms. The molecule has 0 aliphatic carbocycles. The van der Waals surface area contributed by atoms with Crippen LogP contribution in [-0.4, -0.2) is 24.9 Å². The number of thiophene rings is 1. The number of nitrogens with zero attached hydrogens (tertiary/aromatic N) is 1. The van der Waals surface area contributed by atoms with Gasteiger partial charge in [0.05, 0.1) is 0 Å². The summed E-state index contributed by atoms with van der Waals surface area (Å²) in [5.41, 5.74) is 1.07. The van der Waals surface area contributed by atoms with E-state index in [1.807, 2.05) is 11.4 Å². The number of fused-ring (bicyclic) bond motifs is 1. The smallest absolute Gasteiger partial charge is 0.448 e. The summed E-state index contributed by atoms with van der Waals surface area (Å²) in [5.74, 6) is 0. The van der Waals surface area contributed by atoms with Crippen LogP contribution in [0.5, 0.6) is 0 Å². The molecule has 15 heavy (non-hydrogen) atoms. The van der Waals surface area contributed by atoms with Crippen molar-refractivity contribution in [1.82, 2.24) is 4.90 Å². The van der Waals surface area contributed by atoms with Crippen LogP contribution in [0.1, 0.15) is 10.4 Å². The van der Waals surface area contributed by atoms with E-state index in [0.717, 1.165) is 12.0 Å². The zero-order chi connectivity index (χ0) is 10.2. The molecule has 0 N–H and O–H groups in total. The van der Waals surface area contributed by atoms with Crippen molar-refractivity contribution in [3.63, 3.8) is 0 Å². The number of hydrogen-bond donors (Lipinski definition) is 0. The molecule has 0 aromatic carbocycles.